The molecule has 0 aromatic heterocycles. The molecule has 74 valence electrons. The quantitative estimate of drug-likeness (QED) is 0.524. The molecule has 0 saturated carbocycles. The van der Waals surface area contributed by atoms with E-state index in [-0.39, 0.29) is 12.3 Å². The van der Waals surface area contributed by atoms with E-state index in [4.69, 9.17) is 5.73 Å². The van der Waals surface area contributed by atoms with Crippen molar-refractivity contribution in [1.29, 1.82) is 0 Å². The number of nitrogens with one attached hydrogen (secondary N) is 1. The van der Waals surface area contributed by atoms with E-state index >= 15 is 0 Å². The van der Waals surface area contributed by atoms with E-state index in [0.29, 0.717) is 6.54 Å². The van der Waals surface area contributed by atoms with Crippen molar-refractivity contribution in [3.8, 4) is 0 Å². The minimum Gasteiger partial charge on any atom is -0.369 e. The Labute approximate surface area is 77.3 Å². The molecule has 1 aliphatic heterocycles. The van der Waals surface area contributed by atoms with E-state index in [1.807, 2.05) is 0 Å². The lowest BCUT2D eigenvalue weighted by molar-refractivity contribution is -0.134. The van der Waals surface area contributed by atoms with Crippen LogP contribution < -0.4 is 11.1 Å². The SMILES string of the molecule is NC(=O)CC(=O)N1CCCNCC1. The van der Waals surface area contributed by atoms with Crippen LogP contribution in [0.15, 0.2) is 0 Å². The van der Waals surface area contributed by atoms with Gasteiger partial charge in [0.15, 0.2) is 0 Å². The molecule has 1 saturated heterocycles. The van der Waals surface area contributed by atoms with Crippen LogP contribution in [0, 0.1) is 0 Å². The van der Waals surface area contributed by atoms with Crippen LogP contribution in [0.1, 0.15) is 12.8 Å². The van der Waals surface area contributed by atoms with Crippen molar-refractivity contribution in [2.45, 2.75) is 12.8 Å². The molecule has 1 aliphatic rings. The van der Waals surface area contributed by atoms with E-state index in [1.54, 1.807) is 4.90 Å². The molecule has 0 spiro atoms. The lowest BCUT2D eigenvalue weighted by atomic mass is 10.3. The third kappa shape index (κ3) is 3.42. The fraction of sp³-hybridized carbons (Fsp3) is 0.750. The predicted octanol–water partition coefficient (Wildman–Crippen LogP) is -1.32. The van der Waals surface area contributed by atoms with Crippen LogP contribution in [0.5, 0.6) is 0 Å². The van der Waals surface area contributed by atoms with Gasteiger partial charge in [-0.15, -0.1) is 0 Å². The molecule has 1 rings (SSSR count). The predicted molar refractivity (Wildman–Crippen MR) is 47.9 cm³/mol. The average molecular weight is 185 g/mol. The minimum absolute atomic E-state index is 0.156. The molecule has 1 heterocycles. The first-order chi connectivity index (χ1) is 6.20. The standard InChI is InChI=1S/C8H15N3O2/c9-7(12)6-8(13)11-4-1-2-10-3-5-11/h10H,1-6H2,(H2,9,12). The number of nitrogens with zero attached hydrogens (tertiary/aromatic N) is 1. The number of hydrogen-bond donors (Lipinski definition) is 2. The van der Waals surface area contributed by atoms with Crippen molar-refractivity contribution in [1.82, 2.24) is 10.2 Å². The third-order valence-electron chi connectivity index (χ3n) is 2.02. The minimum atomic E-state index is -0.554. The Hall–Kier alpha value is -1.10. The maximum absolute atomic E-state index is 11.4. The van der Waals surface area contributed by atoms with Crippen LogP contribution in [0.3, 0.4) is 0 Å². The number of amides is 2. The Bertz CT molecular complexity index is 198. The van der Waals surface area contributed by atoms with Gasteiger partial charge in [0, 0.05) is 19.6 Å². The number of hydrogen-bond acceptors (Lipinski definition) is 3. The Balaban J connectivity index is 2.39. The van der Waals surface area contributed by atoms with Crippen LogP contribution >= 0.6 is 0 Å². The molecule has 5 nitrogen and oxygen atoms in total. The molecule has 0 bridgehead atoms. The summed E-state index contributed by atoms with van der Waals surface area (Å²) in [6.07, 6.45) is 0.768. The van der Waals surface area contributed by atoms with Crippen molar-refractivity contribution in [3.05, 3.63) is 0 Å². The van der Waals surface area contributed by atoms with E-state index in [2.05, 4.69) is 5.32 Å². The molecule has 5 heteroatoms. The highest BCUT2D eigenvalue weighted by atomic mass is 16.2. The van der Waals surface area contributed by atoms with E-state index in [1.165, 1.54) is 0 Å². The van der Waals surface area contributed by atoms with Crippen molar-refractivity contribution < 1.29 is 9.59 Å². The first-order valence-corrected chi connectivity index (χ1v) is 4.47. The highest BCUT2D eigenvalue weighted by molar-refractivity contribution is 5.96. The van der Waals surface area contributed by atoms with Crippen LogP contribution in [-0.2, 0) is 9.59 Å². The van der Waals surface area contributed by atoms with Crippen LogP contribution in [-0.4, -0.2) is 42.9 Å². The molecule has 0 aromatic carbocycles. The number of carbonyl (C=O) groups is 2. The van der Waals surface area contributed by atoms with E-state index in [9.17, 15) is 9.59 Å². The Morgan fingerprint density at radius 2 is 2.08 bits per heavy atom. The number of primary amides is 1. The maximum atomic E-state index is 11.4. The van der Waals surface area contributed by atoms with Crippen LogP contribution in [0.25, 0.3) is 0 Å². The molecule has 0 radical (unpaired) electrons. The van der Waals surface area contributed by atoms with Gasteiger partial charge in [-0.3, -0.25) is 9.59 Å². The Morgan fingerprint density at radius 3 is 2.77 bits per heavy atom. The smallest absolute Gasteiger partial charge is 0.232 e. The van der Waals surface area contributed by atoms with Gasteiger partial charge in [0.2, 0.25) is 11.8 Å². The second-order valence-corrected chi connectivity index (χ2v) is 3.13. The van der Waals surface area contributed by atoms with Crippen molar-refractivity contribution in [3.63, 3.8) is 0 Å². The molecule has 0 unspecified atom stereocenters. The molecule has 13 heavy (non-hydrogen) atoms. The van der Waals surface area contributed by atoms with Crippen molar-refractivity contribution in [2.24, 2.45) is 5.73 Å². The van der Waals surface area contributed by atoms with Gasteiger partial charge in [-0.1, -0.05) is 0 Å². The summed E-state index contributed by atoms with van der Waals surface area (Å²) >= 11 is 0. The summed E-state index contributed by atoms with van der Waals surface area (Å²) in [5.41, 5.74) is 4.94. The first kappa shape index (κ1) is 9.98. The molecule has 0 aromatic rings. The number of nitrogens with two attached hydrogens (primary N) is 1. The zero-order valence-corrected chi connectivity index (χ0v) is 7.58. The Morgan fingerprint density at radius 1 is 1.31 bits per heavy atom. The topological polar surface area (TPSA) is 75.4 Å². The lowest BCUT2D eigenvalue weighted by Gasteiger charge is -2.18. The van der Waals surface area contributed by atoms with Gasteiger partial charge in [0.1, 0.15) is 6.42 Å². The summed E-state index contributed by atoms with van der Waals surface area (Å²) in [4.78, 5) is 23.5. The normalized spacial score (nSPS) is 18.0. The highest BCUT2D eigenvalue weighted by Crippen LogP contribution is 1.98. The van der Waals surface area contributed by atoms with Crippen LogP contribution in [0.4, 0.5) is 0 Å². The van der Waals surface area contributed by atoms with Gasteiger partial charge in [-0.25, -0.2) is 0 Å². The molecule has 3 N–H and O–H groups in total. The second kappa shape index (κ2) is 4.81. The van der Waals surface area contributed by atoms with Gasteiger partial charge in [0.25, 0.3) is 0 Å². The molecular weight excluding hydrogens is 170 g/mol. The molecule has 2 amide bonds. The molecule has 0 atom stereocenters. The van der Waals surface area contributed by atoms with Gasteiger partial charge < -0.3 is 16.0 Å². The van der Waals surface area contributed by atoms with Gasteiger partial charge >= 0.3 is 0 Å². The molecular formula is C8H15N3O2. The lowest BCUT2D eigenvalue weighted by Crippen LogP contribution is -2.36. The van der Waals surface area contributed by atoms with Gasteiger partial charge in [-0.2, -0.15) is 0 Å². The van der Waals surface area contributed by atoms with Gasteiger partial charge in [-0.05, 0) is 13.0 Å². The highest BCUT2D eigenvalue weighted by Gasteiger charge is 2.16. The molecule has 1 fully saturated rings. The van der Waals surface area contributed by atoms with Gasteiger partial charge in [0.05, 0.1) is 0 Å². The third-order valence-corrected chi connectivity index (χ3v) is 2.02. The summed E-state index contributed by atoms with van der Waals surface area (Å²) in [7, 11) is 0. The molecule has 0 aliphatic carbocycles. The van der Waals surface area contributed by atoms with E-state index < -0.39 is 5.91 Å². The number of rotatable bonds is 2. The maximum Gasteiger partial charge on any atom is 0.232 e. The fourth-order valence-corrected chi connectivity index (χ4v) is 1.36. The monoisotopic (exact) mass is 185 g/mol. The zero-order chi connectivity index (χ0) is 9.68. The second-order valence-electron chi connectivity index (χ2n) is 3.13. The average Bonchev–Trinajstić information content (AvgIpc) is 2.29. The van der Waals surface area contributed by atoms with Crippen molar-refractivity contribution in [2.75, 3.05) is 26.2 Å². The summed E-state index contributed by atoms with van der Waals surface area (Å²) in [5, 5.41) is 3.18. The largest absolute Gasteiger partial charge is 0.369 e. The fourth-order valence-electron chi connectivity index (χ4n) is 1.36. The number of carbonyl (C=O) groups excluding carboxylic acids is 2. The summed E-state index contributed by atoms with van der Waals surface area (Å²) in [6.45, 7) is 3.12. The van der Waals surface area contributed by atoms with E-state index in [0.717, 1.165) is 26.1 Å². The summed E-state index contributed by atoms with van der Waals surface area (Å²) in [6, 6.07) is 0. The van der Waals surface area contributed by atoms with Crippen LogP contribution in [0.2, 0.25) is 0 Å². The van der Waals surface area contributed by atoms with Crippen molar-refractivity contribution >= 4 is 11.8 Å². The Kier molecular flexibility index (Phi) is 3.70. The summed E-state index contributed by atoms with van der Waals surface area (Å²) < 4.78 is 0. The zero-order valence-electron chi connectivity index (χ0n) is 7.58. The summed E-state index contributed by atoms with van der Waals surface area (Å²) in [5.74, 6) is -0.710. The first-order valence-electron chi connectivity index (χ1n) is 4.47.